The summed E-state index contributed by atoms with van der Waals surface area (Å²) in [5.74, 6) is -1.41. The highest BCUT2D eigenvalue weighted by atomic mass is 19.1. The first-order chi connectivity index (χ1) is 15.1. The number of hydrogen-bond acceptors (Lipinski definition) is 3. The standard InChI is InChI=1S/C25H29F2N3O/c26-22-17-20(18-23(27)19-22)8-9-25(31)30-15-13-28(14-16-30)10-4-12-29-11-3-6-21-5-1-2-7-24(21)29/h1-2,5,7-9,17-19H,3-4,6,10-16H2/b9-8+. The third kappa shape index (κ3) is 5.70. The van der Waals surface area contributed by atoms with E-state index in [0.717, 1.165) is 45.2 Å². The summed E-state index contributed by atoms with van der Waals surface area (Å²) >= 11 is 0. The van der Waals surface area contributed by atoms with Crippen LogP contribution in [-0.4, -0.2) is 61.5 Å². The van der Waals surface area contributed by atoms with Crippen molar-refractivity contribution in [2.24, 2.45) is 0 Å². The summed E-state index contributed by atoms with van der Waals surface area (Å²) in [5, 5.41) is 0. The lowest BCUT2D eigenvalue weighted by molar-refractivity contribution is -0.127. The Hall–Kier alpha value is -2.73. The van der Waals surface area contributed by atoms with E-state index in [-0.39, 0.29) is 5.91 Å². The Balaban J connectivity index is 1.20. The van der Waals surface area contributed by atoms with Gasteiger partial charge in [-0.3, -0.25) is 9.69 Å². The summed E-state index contributed by atoms with van der Waals surface area (Å²) in [6, 6.07) is 11.9. The number of rotatable bonds is 6. The van der Waals surface area contributed by atoms with Gasteiger partial charge in [-0.15, -0.1) is 0 Å². The number of anilines is 1. The molecule has 1 saturated heterocycles. The Kier molecular flexibility index (Phi) is 6.97. The van der Waals surface area contributed by atoms with Crippen LogP contribution in [0.5, 0.6) is 0 Å². The van der Waals surface area contributed by atoms with Gasteiger partial charge >= 0.3 is 0 Å². The quantitative estimate of drug-likeness (QED) is 0.656. The molecule has 0 saturated carbocycles. The normalized spacial score (nSPS) is 17.2. The van der Waals surface area contributed by atoms with Crippen molar-refractivity contribution >= 4 is 17.7 Å². The summed E-state index contributed by atoms with van der Waals surface area (Å²) in [6.07, 6.45) is 6.36. The fraction of sp³-hybridized carbons (Fsp3) is 0.400. The molecule has 0 bridgehead atoms. The molecule has 2 aliphatic heterocycles. The second kappa shape index (κ2) is 10.1. The second-order valence-electron chi connectivity index (χ2n) is 8.28. The van der Waals surface area contributed by atoms with Crippen LogP contribution in [0.4, 0.5) is 14.5 Å². The molecule has 2 aromatic carbocycles. The topological polar surface area (TPSA) is 26.8 Å². The second-order valence-corrected chi connectivity index (χ2v) is 8.28. The summed E-state index contributed by atoms with van der Waals surface area (Å²) in [7, 11) is 0. The average molecular weight is 426 g/mol. The summed E-state index contributed by atoms with van der Waals surface area (Å²) in [6.45, 7) is 6.26. The van der Waals surface area contributed by atoms with Crippen LogP contribution in [0, 0.1) is 11.6 Å². The lowest BCUT2D eigenvalue weighted by Gasteiger charge is -2.35. The predicted molar refractivity (Wildman–Crippen MR) is 120 cm³/mol. The number of aryl methyl sites for hydroxylation is 1. The van der Waals surface area contributed by atoms with Crippen LogP contribution >= 0.6 is 0 Å². The zero-order chi connectivity index (χ0) is 21.6. The van der Waals surface area contributed by atoms with Crippen LogP contribution in [0.2, 0.25) is 0 Å². The SMILES string of the molecule is O=C(/C=C/c1cc(F)cc(F)c1)N1CCN(CCCN2CCCc3ccccc32)CC1. The first-order valence-electron chi connectivity index (χ1n) is 11.1. The molecule has 4 nitrogen and oxygen atoms in total. The maximum Gasteiger partial charge on any atom is 0.246 e. The van der Waals surface area contributed by atoms with E-state index < -0.39 is 11.6 Å². The minimum atomic E-state index is -0.645. The van der Waals surface area contributed by atoms with E-state index in [9.17, 15) is 13.6 Å². The van der Waals surface area contributed by atoms with E-state index in [4.69, 9.17) is 0 Å². The highest BCUT2D eigenvalue weighted by Gasteiger charge is 2.20. The van der Waals surface area contributed by atoms with Crippen LogP contribution in [0.25, 0.3) is 6.08 Å². The smallest absolute Gasteiger partial charge is 0.246 e. The number of amides is 1. The summed E-state index contributed by atoms with van der Waals surface area (Å²) < 4.78 is 26.5. The molecule has 6 heteroatoms. The molecule has 1 amide bonds. The van der Waals surface area contributed by atoms with Crippen molar-refractivity contribution in [2.45, 2.75) is 19.3 Å². The lowest BCUT2D eigenvalue weighted by Crippen LogP contribution is -2.48. The summed E-state index contributed by atoms with van der Waals surface area (Å²) in [5.41, 5.74) is 3.19. The van der Waals surface area contributed by atoms with E-state index in [1.165, 1.54) is 48.4 Å². The van der Waals surface area contributed by atoms with E-state index in [0.29, 0.717) is 18.7 Å². The molecule has 0 aromatic heterocycles. The Labute approximate surface area is 182 Å². The van der Waals surface area contributed by atoms with Crippen LogP contribution in [0.15, 0.2) is 48.5 Å². The molecule has 0 N–H and O–H groups in total. The van der Waals surface area contributed by atoms with Gasteiger partial charge in [0.25, 0.3) is 0 Å². The molecule has 4 rings (SSSR count). The third-order valence-corrected chi connectivity index (χ3v) is 6.10. The number of piperazine rings is 1. The predicted octanol–water partition coefficient (Wildman–Crippen LogP) is 3.97. The zero-order valence-corrected chi connectivity index (χ0v) is 17.8. The first kappa shape index (κ1) is 21.5. The van der Waals surface area contributed by atoms with Gasteiger partial charge in [0, 0.05) is 57.1 Å². The van der Waals surface area contributed by atoms with Crippen molar-refractivity contribution in [1.29, 1.82) is 0 Å². The number of hydrogen-bond donors (Lipinski definition) is 0. The largest absolute Gasteiger partial charge is 0.371 e. The van der Waals surface area contributed by atoms with E-state index in [2.05, 4.69) is 34.1 Å². The third-order valence-electron chi connectivity index (χ3n) is 6.10. The molecule has 1 fully saturated rings. The molecular weight excluding hydrogens is 396 g/mol. The molecule has 164 valence electrons. The van der Waals surface area contributed by atoms with Crippen LogP contribution in [0.3, 0.4) is 0 Å². The van der Waals surface area contributed by atoms with Gasteiger partial charge in [-0.1, -0.05) is 18.2 Å². The van der Waals surface area contributed by atoms with Crippen LogP contribution in [-0.2, 0) is 11.2 Å². The fourth-order valence-electron chi connectivity index (χ4n) is 4.47. The Bertz CT molecular complexity index is 918. The number of fused-ring (bicyclic) bond motifs is 1. The van der Waals surface area contributed by atoms with Gasteiger partial charge < -0.3 is 9.80 Å². The van der Waals surface area contributed by atoms with Gasteiger partial charge in [0.2, 0.25) is 5.91 Å². The number of para-hydroxylation sites is 1. The number of carbonyl (C=O) groups is 1. The van der Waals surface area contributed by atoms with Gasteiger partial charge in [-0.05, 0) is 61.2 Å². The summed E-state index contributed by atoms with van der Waals surface area (Å²) in [4.78, 5) is 19.1. The maximum absolute atomic E-state index is 13.3. The molecule has 31 heavy (non-hydrogen) atoms. The van der Waals surface area contributed by atoms with Crippen molar-refractivity contribution in [3.8, 4) is 0 Å². The molecule has 0 atom stereocenters. The van der Waals surface area contributed by atoms with E-state index in [1.807, 2.05) is 0 Å². The first-order valence-corrected chi connectivity index (χ1v) is 11.1. The van der Waals surface area contributed by atoms with Gasteiger partial charge in [-0.2, -0.15) is 0 Å². The molecule has 2 aliphatic rings. The van der Waals surface area contributed by atoms with Crippen molar-refractivity contribution in [2.75, 3.05) is 50.7 Å². The van der Waals surface area contributed by atoms with E-state index in [1.54, 1.807) is 4.90 Å². The average Bonchev–Trinajstić information content (AvgIpc) is 2.77. The molecule has 2 aromatic rings. The van der Waals surface area contributed by atoms with Crippen molar-refractivity contribution in [3.05, 3.63) is 71.3 Å². The molecule has 2 heterocycles. The van der Waals surface area contributed by atoms with Gasteiger partial charge in [0.05, 0.1) is 0 Å². The van der Waals surface area contributed by atoms with Gasteiger partial charge in [0.1, 0.15) is 11.6 Å². The minimum absolute atomic E-state index is 0.116. The number of halogens is 2. The Morgan fingerprint density at radius 2 is 1.68 bits per heavy atom. The van der Waals surface area contributed by atoms with Crippen LogP contribution < -0.4 is 4.90 Å². The monoisotopic (exact) mass is 425 g/mol. The fourth-order valence-corrected chi connectivity index (χ4v) is 4.47. The van der Waals surface area contributed by atoms with Gasteiger partial charge in [0.15, 0.2) is 0 Å². The molecular formula is C25H29F2N3O. The zero-order valence-electron chi connectivity index (χ0n) is 17.8. The number of benzene rings is 2. The molecule has 0 radical (unpaired) electrons. The van der Waals surface area contributed by atoms with Crippen molar-refractivity contribution in [1.82, 2.24) is 9.80 Å². The maximum atomic E-state index is 13.3. The molecule has 0 spiro atoms. The number of carbonyl (C=O) groups excluding carboxylic acids is 1. The highest BCUT2D eigenvalue weighted by molar-refractivity contribution is 5.91. The van der Waals surface area contributed by atoms with Crippen LogP contribution in [0.1, 0.15) is 24.0 Å². The number of nitrogens with zero attached hydrogens (tertiary/aromatic N) is 3. The van der Waals surface area contributed by atoms with E-state index >= 15 is 0 Å². The van der Waals surface area contributed by atoms with Crippen molar-refractivity contribution < 1.29 is 13.6 Å². The molecule has 0 unspecified atom stereocenters. The minimum Gasteiger partial charge on any atom is -0.371 e. The lowest BCUT2D eigenvalue weighted by atomic mass is 10.0. The Morgan fingerprint density at radius 1 is 0.935 bits per heavy atom. The molecule has 0 aliphatic carbocycles. The van der Waals surface area contributed by atoms with Gasteiger partial charge in [-0.25, -0.2) is 8.78 Å². The highest BCUT2D eigenvalue weighted by Crippen LogP contribution is 2.26. The Morgan fingerprint density at radius 3 is 2.45 bits per heavy atom. The van der Waals surface area contributed by atoms with Crippen molar-refractivity contribution in [3.63, 3.8) is 0 Å².